The maximum Gasteiger partial charge on any atom is 0.0256 e. The highest BCUT2D eigenvalue weighted by atomic mass is 14.3. The van der Waals surface area contributed by atoms with Crippen molar-refractivity contribution in [2.24, 2.45) is 0 Å². The first-order valence-electron chi connectivity index (χ1n) is 6.64. The predicted octanol–water partition coefficient (Wildman–Crippen LogP) is 4.96. The Morgan fingerprint density at radius 3 is 2.11 bits per heavy atom. The van der Waals surface area contributed by atoms with Gasteiger partial charge in [0, 0.05) is 11.8 Å². The molecule has 0 aliphatic heterocycles. The van der Waals surface area contributed by atoms with Gasteiger partial charge in [-0.2, -0.15) is 0 Å². The van der Waals surface area contributed by atoms with E-state index in [1.807, 2.05) is 12.1 Å². The second-order valence-corrected chi connectivity index (χ2v) is 6.03. The van der Waals surface area contributed by atoms with Crippen molar-refractivity contribution in [3.8, 4) is 11.1 Å². The fraction of sp³-hybridized carbons (Fsp3) is 0.278. The number of nitrogens with one attached hydrogen (secondary N) is 1. The van der Waals surface area contributed by atoms with Gasteiger partial charge in [-0.05, 0) is 29.0 Å². The Kier molecular flexibility index (Phi) is 3.57. The molecule has 98 valence electrons. The Bertz CT molecular complexity index is 586. The van der Waals surface area contributed by atoms with Crippen molar-refractivity contribution in [3.05, 3.63) is 59.2 Å². The molecule has 0 atom stereocenters. The molecule has 2 aromatic rings. The van der Waals surface area contributed by atoms with Gasteiger partial charge in [0.05, 0.1) is 0 Å². The molecule has 1 N–H and O–H groups in total. The van der Waals surface area contributed by atoms with Gasteiger partial charge < -0.3 is 5.41 Å². The van der Waals surface area contributed by atoms with Crippen LogP contribution in [0.4, 0.5) is 0 Å². The van der Waals surface area contributed by atoms with E-state index < -0.39 is 0 Å². The van der Waals surface area contributed by atoms with Crippen LogP contribution in [0.3, 0.4) is 0 Å². The quantitative estimate of drug-likeness (QED) is 0.730. The highest BCUT2D eigenvalue weighted by Gasteiger charge is 2.20. The van der Waals surface area contributed by atoms with Gasteiger partial charge in [0.25, 0.3) is 0 Å². The number of benzene rings is 2. The van der Waals surface area contributed by atoms with Gasteiger partial charge in [0.1, 0.15) is 0 Å². The number of rotatable bonds is 2. The molecule has 0 aliphatic rings. The standard InChI is InChI=1S/C18H21N/c1-13-8-10-14(11-9-13)17-15(12-19)6-5-7-16(17)18(2,3)4/h5-12,19H,1-4H3. The minimum atomic E-state index is 0.0687. The van der Waals surface area contributed by atoms with Crippen LogP contribution in [0.2, 0.25) is 0 Å². The first kappa shape index (κ1) is 13.5. The zero-order chi connectivity index (χ0) is 14.0. The topological polar surface area (TPSA) is 23.9 Å². The molecule has 1 heteroatoms. The molecule has 0 heterocycles. The first-order chi connectivity index (χ1) is 8.93. The van der Waals surface area contributed by atoms with Gasteiger partial charge in [-0.3, -0.25) is 0 Å². The van der Waals surface area contributed by atoms with Gasteiger partial charge in [-0.25, -0.2) is 0 Å². The second kappa shape index (κ2) is 5.00. The SMILES string of the molecule is Cc1ccc(-c2c(C=N)cccc2C(C)(C)C)cc1. The predicted molar refractivity (Wildman–Crippen MR) is 83.2 cm³/mol. The van der Waals surface area contributed by atoms with E-state index in [2.05, 4.69) is 58.0 Å². The zero-order valence-electron chi connectivity index (χ0n) is 12.1. The van der Waals surface area contributed by atoms with E-state index in [0.29, 0.717) is 0 Å². The second-order valence-electron chi connectivity index (χ2n) is 6.03. The molecule has 0 bridgehead atoms. The molecule has 2 rings (SSSR count). The summed E-state index contributed by atoms with van der Waals surface area (Å²) in [6.45, 7) is 8.74. The van der Waals surface area contributed by atoms with Crippen LogP contribution < -0.4 is 0 Å². The van der Waals surface area contributed by atoms with E-state index in [-0.39, 0.29) is 5.41 Å². The lowest BCUT2D eigenvalue weighted by molar-refractivity contribution is 0.592. The van der Waals surface area contributed by atoms with E-state index in [0.717, 1.165) is 5.56 Å². The van der Waals surface area contributed by atoms with Crippen molar-refractivity contribution in [1.82, 2.24) is 0 Å². The molecule has 0 spiro atoms. The van der Waals surface area contributed by atoms with E-state index in [9.17, 15) is 0 Å². The third-order valence-corrected chi connectivity index (χ3v) is 3.40. The molecule has 0 saturated carbocycles. The summed E-state index contributed by atoms with van der Waals surface area (Å²) in [6, 6.07) is 14.8. The lowest BCUT2D eigenvalue weighted by Crippen LogP contribution is -2.13. The minimum absolute atomic E-state index is 0.0687. The fourth-order valence-electron chi connectivity index (χ4n) is 2.36. The summed E-state index contributed by atoms with van der Waals surface area (Å²) in [6.07, 6.45) is 1.45. The third kappa shape index (κ3) is 2.76. The lowest BCUT2D eigenvalue weighted by Gasteiger charge is -2.24. The number of hydrogen-bond donors (Lipinski definition) is 1. The normalized spacial score (nSPS) is 11.4. The molecule has 0 saturated heterocycles. The summed E-state index contributed by atoms with van der Waals surface area (Å²) < 4.78 is 0. The van der Waals surface area contributed by atoms with Gasteiger partial charge in [-0.1, -0.05) is 68.8 Å². The van der Waals surface area contributed by atoms with Gasteiger partial charge >= 0.3 is 0 Å². The summed E-state index contributed by atoms with van der Waals surface area (Å²) in [5.74, 6) is 0. The fourth-order valence-corrected chi connectivity index (χ4v) is 2.36. The molecule has 1 nitrogen and oxygen atoms in total. The van der Waals surface area contributed by atoms with Crippen LogP contribution in [0.25, 0.3) is 11.1 Å². The Morgan fingerprint density at radius 2 is 1.58 bits per heavy atom. The van der Waals surface area contributed by atoms with Crippen LogP contribution >= 0.6 is 0 Å². The summed E-state index contributed by atoms with van der Waals surface area (Å²) in [7, 11) is 0. The van der Waals surface area contributed by atoms with Crippen molar-refractivity contribution < 1.29 is 0 Å². The highest BCUT2D eigenvalue weighted by Crippen LogP contribution is 2.35. The van der Waals surface area contributed by atoms with Crippen LogP contribution in [0.1, 0.15) is 37.5 Å². The Morgan fingerprint density at radius 1 is 0.947 bits per heavy atom. The average molecular weight is 251 g/mol. The monoisotopic (exact) mass is 251 g/mol. The van der Waals surface area contributed by atoms with Crippen molar-refractivity contribution in [2.75, 3.05) is 0 Å². The molecule has 0 radical (unpaired) electrons. The highest BCUT2D eigenvalue weighted by molar-refractivity contribution is 5.90. The summed E-state index contributed by atoms with van der Waals surface area (Å²) >= 11 is 0. The molecule has 0 unspecified atom stereocenters. The van der Waals surface area contributed by atoms with Gasteiger partial charge in [0.15, 0.2) is 0 Å². The molecule has 0 amide bonds. The molecular formula is C18H21N. The van der Waals surface area contributed by atoms with Gasteiger partial charge in [0.2, 0.25) is 0 Å². The van der Waals surface area contributed by atoms with E-state index in [4.69, 9.17) is 5.41 Å². The third-order valence-electron chi connectivity index (χ3n) is 3.40. The van der Waals surface area contributed by atoms with Crippen molar-refractivity contribution in [1.29, 1.82) is 5.41 Å². The lowest BCUT2D eigenvalue weighted by atomic mass is 9.80. The van der Waals surface area contributed by atoms with Crippen LogP contribution in [0.5, 0.6) is 0 Å². The van der Waals surface area contributed by atoms with E-state index in [1.165, 1.54) is 28.5 Å². The van der Waals surface area contributed by atoms with Crippen LogP contribution in [-0.2, 0) is 5.41 Å². The summed E-state index contributed by atoms with van der Waals surface area (Å²) in [4.78, 5) is 0. The summed E-state index contributed by atoms with van der Waals surface area (Å²) in [5.41, 5.74) is 5.97. The van der Waals surface area contributed by atoms with Crippen LogP contribution in [0.15, 0.2) is 42.5 Å². The van der Waals surface area contributed by atoms with Crippen LogP contribution in [-0.4, -0.2) is 6.21 Å². The minimum Gasteiger partial charge on any atom is -0.308 e. The Labute approximate surface area is 115 Å². The number of hydrogen-bond acceptors (Lipinski definition) is 1. The van der Waals surface area contributed by atoms with Gasteiger partial charge in [-0.15, -0.1) is 0 Å². The average Bonchev–Trinajstić information content (AvgIpc) is 2.38. The molecule has 19 heavy (non-hydrogen) atoms. The molecule has 0 aliphatic carbocycles. The number of aryl methyl sites for hydroxylation is 1. The molecular weight excluding hydrogens is 230 g/mol. The van der Waals surface area contributed by atoms with Crippen molar-refractivity contribution in [2.45, 2.75) is 33.1 Å². The largest absolute Gasteiger partial charge is 0.308 e. The molecule has 2 aromatic carbocycles. The molecule has 0 fully saturated rings. The molecule has 0 aromatic heterocycles. The zero-order valence-corrected chi connectivity index (χ0v) is 12.1. The van der Waals surface area contributed by atoms with Crippen LogP contribution in [0, 0.1) is 12.3 Å². The maximum atomic E-state index is 7.65. The van der Waals surface area contributed by atoms with Crippen molar-refractivity contribution in [3.63, 3.8) is 0 Å². The Balaban J connectivity index is 2.72. The van der Waals surface area contributed by atoms with Crippen molar-refractivity contribution >= 4 is 6.21 Å². The smallest absolute Gasteiger partial charge is 0.0256 e. The van der Waals surface area contributed by atoms with E-state index >= 15 is 0 Å². The maximum absolute atomic E-state index is 7.65. The van der Waals surface area contributed by atoms with E-state index in [1.54, 1.807) is 0 Å². The summed E-state index contributed by atoms with van der Waals surface area (Å²) in [5, 5.41) is 7.65. The first-order valence-corrected chi connectivity index (χ1v) is 6.64. The Hall–Kier alpha value is -1.89.